The lowest BCUT2D eigenvalue weighted by Gasteiger charge is -1.97. The highest BCUT2D eigenvalue weighted by Gasteiger charge is 2.00. The summed E-state index contributed by atoms with van der Waals surface area (Å²) in [4.78, 5) is 7.48. The molecule has 2 nitrogen and oxygen atoms in total. The summed E-state index contributed by atoms with van der Waals surface area (Å²) in [7, 11) is 0. The van der Waals surface area contributed by atoms with Gasteiger partial charge in [0.25, 0.3) is 0 Å². The van der Waals surface area contributed by atoms with Crippen LogP contribution in [0.25, 0.3) is 11.4 Å². The smallest absolute Gasteiger partial charge is 0.137 e. The molecule has 0 atom stereocenters. The van der Waals surface area contributed by atoms with E-state index in [0.717, 1.165) is 17.1 Å². The maximum atomic E-state index is 4.27. The Hall–Kier alpha value is -1.57. The molecule has 0 saturated carbocycles. The fourth-order valence-corrected chi connectivity index (χ4v) is 1.35. The minimum Gasteiger partial charge on any atom is -0.342 e. The standard InChI is InChI=1S/C11H12N2.C3H8/c1-8-4-3-5-10(6-8)11-12-7-9(2)13-11;1-3-2/h3-7H,1-2H3,(H,12,13);3H2,1-2H3. The molecule has 0 saturated heterocycles. The predicted octanol–water partition coefficient (Wildman–Crippen LogP) is 4.11. The Labute approximate surface area is 97.7 Å². The number of rotatable bonds is 1. The van der Waals surface area contributed by atoms with E-state index in [1.807, 2.05) is 19.2 Å². The van der Waals surface area contributed by atoms with Crippen LogP contribution in [0.15, 0.2) is 30.5 Å². The fraction of sp³-hybridized carbons (Fsp3) is 0.357. The number of H-pyrrole nitrogens is 1. The first-order valence-electron chi connectivity index (χ1n) is 5.76. The van der Waals surface area contributed by atoms with Gasteiger partial charge in [0.15, 0.2) is 0 Å². The molecule has 1 N–H and O–H groups in total. The van der Waals surface area contributed by atoms with Gasteiger partial charge in [0.2, 0.25) is 0 Å². The van der Waals surface area contributed by atoms with Crippen molar-refractivity contribution in [1.29, 1.82) is 0 Å². The van der Waals surface area contributed by atoms with Crippen LogP contribution in [-0.4, -0.2) is 9.97 Å². The van der Waals surface area contributed by atoms with E-state index in [2.05, 4.69) is 48.9 Å². The van der Waals surface area contributed by atoms with Crippen molar-refractivity contribution >= 4 is 0 Å². The van der Waals surface area contributed by atoms with E-state index >= 15 is 0 Å². The lowest BCUT2D eigenvalue weighted by molar-refractivity contribution is 1.09. The van der Waals surface area contributed by atoms with Gasteiger partial charge in [-0.3, -0.25) is 0 Å². The number of aromatic nitrogens is 2. The van der Waals surface area contributed by atoms with Crippen molar-refractivity contribution in [3.8, 4) is 11.4 Å². The fourth-order valence-electron chi connectivity index (χ4n) is 1.35. The second-order valence-electron chi connectivity index (χ2n) is 3.99. The molecule has 0 aliphatic carbocycles. The lowest BCUT2D eigenvalue weighted by atomic mass is 10.1. The van der Waals surface area contributed by atoms with Crippen molar-refractivity contribution in [1.82, 2.24) is 9.97 Å². The number of nitrogens with zero attached hydrogens (tertiary/aromatic N) is 1. The molecule has 1 heterocycles. The van der Waals surface area contributed by atoms with Crippen molar-refractivity contribution in [2.75, 3.05) is 0 Å². The molecule has 0 unspecified atom stereocenters. The Kier molecular flexibility index (Phi) is 4.77. The molecule has 16 heavy (non-hydrogen) atoms. The molecule has 0 bridgehead atoms. The zero-order chi connectivity index (χ0) is 12.0. The Morgan fingerprint density at radius 2 is 1.88 bits per heavy atom. The van der Waals surface area contributed by atoms with Crippen LogP contribution in [0.1, 0.15) is 31.5 Å². The van der Waals surface area contributed by atoms with Crippen molar-refractivity contribution in [2.24, 2.45) is 0 Å². The van der Waals surface area contributed by atoms with E-state index in [1.54, 1.807) is 0 Å². The number of aryl methyl sites for hydroxylation is 2. The largest absolute Gasteiger partial charge is 0.342 e. The summed E-state index contributed by atoms with van der Waals surface area (Å²) < 4.78 is 0. The summed E-state index contributed by atoms with van der Waals surface area (Å²) in [5.41, 5.74) is 3.50. The molecule has 2 rings (SSSR count). The van der Waals surface area contributed by atoms with Gasteiger partial charge in [0.05, 0.1) is 0 Å². The van der Waals surface area contributed by atoms with Gasteiger partial charge >= 0.3 is 0 Å². The third kappa shape index (κ3) is 3.54. The maximum absolute atomic E-state index is 4.27. The zero-order valence-electron chi connectivity index (χ0n) is 10.5. The number of benzene rings is 1. The molecule has 0 fully saturated rings. The first-order valence-corrected chi connectivity index (χ1v) is 5.76. The molecule has 2 aromatic rings. The normalized spacial score (nSPS) is 9.50. The first kappa shape index (κ1) is 12.5. The predicted molar refractivity (Wildman–Crippen MR) is 69.5 cm³/mol. The topological polar surface area (TPSA) is 28.7 Å². The lowest BCUT2D eigenvalue weighted by Crippen LogP contribution is -1.81. The molecule has 2 heteroatoms. The molecule has 1 aromatic carbocycles. The molecule has 0 aliphatic heterocycles. The van der Waals surface area contributed by atoms with Crippen LogP contribution >= 0.6 is 0 Å². The SMILES string of the molecule is CCC.Cc1cccc(-c2ncc(C)[nH]2)c1. The average Bonchev–Trinajstić information content (AvgIpc) is 2.66. The monoisotopic (exact) mass is 216 g/mol. The van der Waals surface area contributed by atoms with E-state index in [1.165, 1.54) is 12.0 Å². The molecular weight excluding hydrogens is 196 g/mol. The molecule has 1 aromatic heterocycles. The van der Waals surface area contributed by atoms with Crippen LogP contribution in [0, 0.1) is 13.8 Å². The van der Waals surface area contributed by atoms with Gasteiger partial charge in [-0.05, 0) is 19.9 Å². The molecule has 0 amide bonds. The van der Waals surface area contributed by atoms with Gasteiger partial charge in [-0.15, -0.1) is 0 Å². The van der Waals surface area contributed by atoms with Crippen molar-refractivity contribution in [3.63, 3.8) is 0 Å². The van der Waals surface area contributed by atoms with Crippen molar-refractivity contribution < 1.29 is 0 Å². The van der Waals surface area contributed by atoms with E-state index in [9.17, 15) is 0 Å². The summed E-state index contributed by atoms with van der Waals surface area (Å²) in [5.74, 6) is 0.946. The van der Waals surface area contributed by atoms with E-state index in [0.29, 0.717) is 0 Å². The highest BCUT2D eigenvalue weighted by Crippen LogP contribution is 2.16. The highest BCUT2D eigenvalue weighted by atomic mass is 14.9. The number of hydrogen-bond donors (Lipinski definition) is 1. The van der Waals surface area contributed by atoms with E-state index in [-0.39, 0.29) is 0 Å². The van der Waals surface area contributed by atoms with E-state index < -0.39 is 0 Å². The first-order chi connectivity index (χ1) is 7.67. The van der Waals surface area contributed by atoms with Gasteiger partial charge in [-0.25, -0.2) is 4.98 Å². The highest BCUT2D eigenvalue weighted by molar-refractivity contribution is 5.56. The van der Waals surface area contributed by atoms with Gasteiger partial charge in [-0.2, -0.15) is 0 Å². The third-order valence-corrected chi connectivity index (χ3v) is 1.99. The second kappa shape index (κ2) is 6.11. The van der Waals surface area contributed by atoms with E-state index in [4.69, 9.17) is 0 Å². The maximum Gasteiger partial charge on any atom is 0.137 e. The van der Waals surface area contributed by atoms with Crippen molar-refractivity contribution in [2.45, 2.75) is 34.1 Å². The summed E-state index contributed by atoms with van der Waals surface area (Å²) in [6.45, 7) is 8.34. The van der Waals surface area contributed by atoms with Gasteiger partial charge in [0, 0.05) is 17.5 Å². The number of hydrogen-bond acceptors (Lipinski definition) is 1. The van der Waals surface area contributed by atoms with Crippen LogP contribution in [0.3, 0.4) is 0 Å². The Morgan fingerprint density at radius 3 is 2.38 bits per heavy atom. The second-order valence-corrected chi connectivity index (χ2v) is 3.99. The number of imidazole rings is 1. The van der Waals surface area contributed by atoms with Gasteiger partial charge in [-0.1, -0.05) is 44.0 Å². The zero-order valence-corrected chi connectivity index (χ0v) is 10.5. The van der Waals surface area contributed by atoms with Crippen LogP contribution in [0.5, 0.6) is 0 Å². The number of nitrogens with one attached hydrogen (secondary N) is 1. The van der Waals surface area contributed by atoms with Crippen LogP contribution in [0.4, 0.5) is 0 Å². The van der Waals surface area contributed by atoms with Gasteiger partial charge in [0.1, 0.15) is 5.82 Å². The summed E-state index contributed by atoms with van der Waals surface area (Å²) in [5, 5.41) is 0. The minimum atomic E-state index is 0.946. The molecule has 0 radical (unpaired) electrons. The summed E-state index contributed by atoms with van der Waals surface area (Å²) >= 11 is 0. The van der Waals surface area contributed by atoms with Crippen LogP contribution in [0.2, 0.25) is 0 Å². The van der Waals surface area contributed by atoms with Crippen LogP contribution in [-0.2, 0) is 0 Å². The summed E-state index contributed by atoms with van der Waals surface area (Å²) in [6, 6.07) is 8.31. The summed E-state index contributed by atoms with van der Waals surface area (Å²) in [6.07, 6.45) is 3.09. The molecule has 0 spiro atoms. The number of aromatic amines is 1. The van der Waals surface area contributed by atoms with Gasteiger partial charge < -0.3 is 4.98 Å². The Bertz CT molecular complexity index is 430. The minimum absolute atomic E-state index is 0.946. The van der Waals surface area contributed by atoms with Crippen LogP contribution < -0.4 is 0 Å². The average molecular weight is 216 g/mol. The van der Waals surface area contributed by atoms with Crippen molar-refractivity contribution in [3.05, 3.63) is 41.7 Å². The molecule has 0 aliphatic rings. The Balaban J connectivity index is 0.000000386. The molecular formula is C14H20N2. The molecule has 86 valence electrons. The Morgan fingerprint density at radius 1 is 1.19 bits per heavy atom. The quantitative estimate of drug-likeness (QED) is 0.763. The third-order valence-electron chi connectivity index (χ3n) is 1.99.